The van der Waals surface area contributed by atoms with E-state index in [9.17, 15) is 9.18 Å². The minimum atomic E-state index is -0.192. The summed E-state index contributed by atoms with van der Waals surface area (Å²) in [6.45, 7) is 9.67. The molecule has 27 heavy (non-hydrogen) atoms. The van der Waals surface area contributed by atoms with E-state index in [0.717, 1.165) is 24.3 Å². The van der Waals surface area contributed by atoms with Crippen molar-refractivity contribution in [1.29, 1.82) is 0 Å². The summed E-state index contributed by atoms with van der Waals surface area (Å²) in [5.74, 6) is -0.200. The number of nitrogens with one attached hydrogen (secondary N) is 1. The summed E-state index contributed by atoms with van der Waals surface area (Å²) in [7, 11) is 0. The van der Waals surface area contributed by atoms with E-state index in [1.165, 1.54) is 6.07 Å². The molecule has 0 atom stereocenters. The van der Waals surface area contributed by atoms with Crippen LogP contribution in [0.3, 0.4) is 0 Å². The Morgan fingerprint density at radius 2 is 1.63 bits per heavy atom. The Labute approximate surface area is 161 Å². The van der Waals surface area contributed by atoms with E-state index < -0.39 is 0 Å². The lowest BCUT2D eigenvalue weighted by atomic mass is 9.86. The first kappa shape index (κ1) is 19.4. The van der Waals surface area contributed by atoms with E-state index in [4.69, 9.17) is 0 Å². The molecule has 4 nitrogen and oxygen atoms in total. The fourth-order valence-electron chi connectivity index (χ4n) is 3.49. The van der Waals surface area contributed by atoms with Crippen LogP contribution in [0.15, 0.2) is 48.5 Å². The van der Waals surface area contributed by atoms with Crippen LogP contribution in [-0.4, -0.2) is 43.5 Å². The molecule has 0 bridgehead atoms. The molecule has 0 aliphatic carbocycles. The van der Waals surface area contributed by atoms with E-state index in [1.54, 1.807) is 12.1 Å². The normalized spacial score (nSPS) is 15.6. The predicted molar refractivity (Wildman–Crippen MR) is 109 cm³/mol. The molecule has 1 aliphatic heterocycles. The van der Waals surface area contributed by atoms with Crippen LogP contribution in [0.2, 0.25) is 0 Å². The number of nitrogens with zero attached hydrogens (tertiary/aromatic N) is 2. The first-order valence-electron chi connectivity index (χ1n) is 9.46. The lowest BCUT2D eigenvalue weighted by Crippen LogP contribution is -2.49. The summed E-state index contributed by atoms with van der Waals surface area (Å²) in [4.78, 5) is 16.7. The monoisotopic (exact) mass is 369 g/mol. The average molecular weight is 369 g/mol. The van der Waals surface area contributed by atoms with Crippen molar-refractivity contribution in [3.8, 4) is 0 Å². The van der Waals surface area contributed by atoms with Crippen LogP contribution in [0.4, 0.5) is 15.8 Å². The number of piperazine rings is 1. The zero-order valence-corrected chi connectivity index (χ0v) is 16.3. The van der Waals surface area contributed by atoms with Crippen LogP contribution >= 0.6 is 0 Å². The maximum Gasteiger partial charge on any atom is 0.238 e. The van der Waals surface area contributed by atoms with Gasteiger partial charge in [-0.15, -0.1) is 0 Å². The molecule has 1 heterocycles. The summed E-state index contributed by atoms with van der Waals surface area (Å²) in [6.07, 6.45) is 0. The fourth-order valence-corrected chi connectivity index (χ4v) is 3.49. The number of hydrogen-bond acceptors (Lipinski definition) is 3. The lowest BCUT2D eigenvalue weighted by Gasteiger charge is -2.35. The van der Waals surface area contributed by atoms with Crippen LogP contribution < -0.4 is 10.2 Å². The molecule has 1 fully saturated rings. The van der Waals surface area contributed by atoms with Gasteiger partial charge in [-0.1, -0.05) is 51.1 Å². The van der Waals surface area contributed by atoms with Gasteiger partial charge in [-0.05, 0) is 29.2 Å². The van der Waals surface area contributed by atoms with Crippen LogP contribution in [-0.2, 0) is 10.2 Å². The third kappa shape index (κ3) is 4.86. The molecule has 144 valence electrons. The molecule has 1 amide bonds. The number of amides is 1. The number of benzene rings is 2. The molecule has 0 unspecified atom stereocenters. The van der Waals surface area contributed by atoms with Gasteiger partial charge in [-0.25, -0.2) is 4.39 Å². The smallest absolute Gasteiger partial charge is 0.238 e. The van der Waals surface area contributed by atoms with Gasteiger partial charge in [0.1, 0.15) is 5.82 Å². The Kier molecular flexibility index (Phi) is 5.80. The van der Waals surface area contributed by atoms with Gasteiger partial charge in [-0.3, -0.25) is 9.69 Å². The van der Waals surface area contributed by atoms with Gasteiger partial charge in [0, 0.05) is 31.9 Å². The molecule has 1 saturated heterocycles. The molecule has 2 aromatic carbocycles. The third-order valence-electron chi connectivity index (χ3n) is 4.94. The molecule has 1 aliphatic rings. The molecule has 5 heteroatoms. The highest BCUT2D eigenvalue weighted by Crippen LogP contribution is 2.29. The highest BCUT2D eigenvalue weighted by Gasteiger charge is 2.22. The Morgan fingerprint density at radius 3 is 2.30 bits per heavy atom. The third-order valence-corrected chi connectivity index (χ3v) is 4.94. The lowest BCUT2D eigenvalue weighted by molar-refractivity contribution is -0.117. The Bertz CT molecular complexity index is 792. The molecule has 0 aromatic heterocycles. The number of rotatable bonds is 4. The summed E-state index contributed by atoms with van der Waals surface area (Å²) in [5, 5.41) is 3.06. The SMILES string of the molecule is CC(C)(C)c1ccccc1NC(=O)CN1CCN(c2ccccc2F)CC1. The maximum atomic E-state index is 13.9. The number of anilines is 2. The van der Waals surface area contributed by atoms with E-state index in [2.05, 4.69) is 37.1 Å². The summed E-state index contributed by atoms with van der Waals surface area (Å²) < 4.78 is 13.9. The van der Waals surface area contributed by atoms with Crippen molar-refractivity contribution in [3.05, 3.63) is 59.9 Å². The fraction of sp³-hybridized carbons (Fsp3) is 0.409. The van der Waals surface area contributed by atoms with Crippen molar-refractivity contribution in [3.63, 3.8) is 0 Å². The second-order valence-corrected chi connectivity index (χ2v) is 8.06. The van der Waals surface area contributed by atoms with Gasteiger partial charge in [0.2, 0.25) is 5.91 Å². The minimum Gasteiger partial charge on any atom is -0.367 e. The molecule has 0 saturated carbocycles. The van der Waals surface area contributed by atoms with Crippen LogP contribution in [0.1, 0.15) is 26.3 Å². The van der Waals surface area contributed by atoms with Gasteiger partial charge in [-0.2, -0.15) is 0 Å². The molecular weight excluding hydrogens is 341 g/mol. The Morgan fingerprint density at radius 1 is 1.00 bits per heavy atom. The van der Waals surface area contributed by atoms with Crippen molar-refractivity contribution >= 4 is 17.3 Å². The zero-order valence-electron chi connectivity index (χ0n) is 16.3. The molecular formula is C22H28FN3O. The number of carbonyl (C=O) groups excluding carboxylic acids is 1. The summed E-state index contributed by atoms with van der Waals surface area (Å²) in [5.41, 5.74) is 2.61. The molecule has 3 rings (SSSR count). The van der Waals surface area contributed by atoms with Gasteiger partial charge in [0.05, 0.1) is 12.2 Å². The molecule has 0 radical (unpaired) electrons. The molecule has 2 aromatic rings. The minimum absolute atomic E-state index is 0.00829. The number of halogens is 1. The van der Waals surface area contributed by atoms with Gasteiger partial charge < -0.3 is 10.2 Å². The first-order chi connectivity index (χ1) is 12.8. The summed E-state index contributed by atoms with van der Waals surface area (Å²) >= 11 is 0. The Hall–Kier alpha value is -2.40. The molecule has 1 N–H and O–H groups in total. The van der Waals surface area contributed by atoms with E-state index in [-0.39, 0.29) is 17.1 Å². The Balaban J connectivity index is 1.56. The van der Waals surface area contributed by atoms with Gasteiger partial charge >= 0.3 is 0 Å². The van der Waals surface area contributed by atoms with Crippen LogP contribution in [0, 0.1) is 5.82 Å². The predicted octanol–water partition coefficient (Wildman–Crippen LogP) is 3.88. The van der Waals surface area contributed by atoms with E-state index in [0.29, 0.717) is 25.3 Å². The standard InChI is InChI=1S/C22H28FN3O/c1-22(2,3)17-8-4-6-10-19(17)24-21(27)16-25-12-14-26(15-13-25)20-11-7-5-9-18(20)23/h4-11H,12-16H2,1-3H3,(H,24,27). The van der Waals surface area contributed by atoms with Gasteiger partial charge in [0.25, 0.3) is 0 Å². The second kappa shape index (κ2) is 8.09. The van der Waals surface area contributed by atoms with Crippen molar-refractivity contribution in [2.75, 3.05) is 42.9 Å². The maximum absolute atomic E-state index is 13.9. The van der Waals surface area contributed by atoms with Crippen molar-refractivity contribution in [2.45, 2.75) is 26.2 Å². The number of hydrogen-bond donors (Lipinski definition) is 1. The topological polar surface area (TPSA) is 35.6 Å². The van der Waals surface area contributed by atoms with Crippen LogP contribution in [0.5, 0.6) is 0 Å². The summed E-state index contributed by atoms with van der Waals surface area (Å²) in [6, 6.07) is 14.8. The van der Waals surface area contributed by atoms with Crippen molar-refractivity contribution in [1.82, 2.24) is 4.90 Å². The van der Waals surface area contributed by atoms with Crippen LogP contribution in [0.25, 0.3) is 0 Å². The highest BCUT2D eigenvalue weighted by atomic mass is 19.1. The highest BCUT2D eigenvalue weighted by molar-refractivity contribution is 5.93. The van der Waals surface area contributed by atoms with E-state index in [1.807, 2.05) is 29.2 Å². The number of para-hydroxylation sites is 2. The van der Waals surface area contributed by atoms with E-state index >= 15 is 0 Å². The zero-order chi connectivity index (χ0) is 19.4. The number of carbonyl (C=O) groups is 1. The first-order valence-corrected chi connectivity index (χ1v) is 9.46. The molecule has 0 spiro atoms. The van der Waals surface area contributed by atoms with Crippen molar-refractivity contribution in [2.24, 2.45) is 0 Å². The van der Waals surface area contributed by atoms with Crippen molar-refractivity contribution < 1.29 is 9.18 Å². The largest absolute Gasteiger partial charge is 0.367 e. The average Bonchev–Trinajstić information content (AvgIpc) is 2.62. The van der Waals surface area contributed by atoms with Gasteiger partial charge in [0.15, 0.2) is 0 Å². The quantitative estimate of drug-likeness (QED) is 0.888. The second-order valence-electron chi connectivity index (χ2n) is 8.06.